The molecule has 0 aliphatic heterocycles. The summed E-state index contributed by atoms with van der Waals surface area (Å²) in [6, 6.07) is 13.7. The molecule has 0 bridgehead atoms. The molecule has 0 aliphatic rings. The second-order valence-corrected chi connectivity index (χ2v) is 7.57. The first-order chi connectivity index (χ1) is 12.7. The van der Waals surface area contributed by atoms with E-state index < -0.39 is 20.2 Å². The molecule has 0 saturated carbocycles. The van der Waals surface area contributed by atoms with Crippen LogP contribution in [0.3, 0.4) is 0 Å². The Labute approximate surface area is 267 Å². The number of methoxy groups -OCH3 is 2. The molecule has 0 saturated heterocycles. The molecule has 0 heterocycles. The van der Waals surface area contributed by atoms with Gasteiger partial charge in [0.05, 0.1) is 34.5 Å². The molecule has 15 heteroatoms. The number of hydrogen-bond donors (Lipinski definition) is 2. The van der Waals surface area contributed by atoms with E-state index in [1.165, 1.54) is 14.2 Å². The number of benzene rings is 2. The summed E-state index contributed by atoms with van der Waals surface area (Å²) in [4.78, 5) is 0. The molecule has 0 unspecified atom stereocenters. The third kappa shape index (κ3) is 35.5. The van der Waals surface area contributed by atoms with Gasteiger partial charge in [0.25, 0.3) is 0 Å². The van der Waals surface area contributed by atoms with Crippen molar-refractivity contribution in [3.8, 4) is 23.0 Å². The Morgan fingerprint density at radius 3 is 1.00 bits per heavy atom. The van der Waals surface area contributed by atoms with Crippen molar-refractivity contribution in [3.63, 3.8) is 0 Å². The predicted molar refractivity (Wildman–Crippen MR) is 104 cm³/mol. The fourth-order valence-electron chi connectivity index (χ4n) is 1.26. The predicted octanol–water partition coefficient (Wildman–Crippen LogP) is -5.69. The minimum atomic E-state index is -3.92. The maximum absolute atomic E-state index is 9.08. The van der Waals surface area contributed by atoms with Crippen LogP contribution in [0.15, 0.2) is 48.5 Å². The summed E-state index contributed by atoms with van der Waals surface area (Å²) in [7, 11) is -4.79. The SMILES string of the molecule is COc1ccccc1O.COc1ccccc1O.CS(=O)(=O)[O-].CS(=O)(=O)[O-].O.[K+].[K+]. The molecule has 0 fully saturated rings. The average molecular weight is 535 g/mol. The number of para-hydroxylation sites is 4. The van der Waals surface area contributed by atoms with Crippen LogP contribution in [-0.2, 0) is 20.2 Å². The Morgan fingerprint density at radius 1 is 0.677 bits per heavy atom. The van der Waals surface area contributed by atoms with Crippen LogP contribution in [0.2, 0.25) is 0 Å². The molecule has 4 N–H and O–H groups in total. The Morgan fingerprint density at radius 2 is 0.871 bits per heavy atom. The van der Waals surface area contributed by atoms with E-state index in [9.17, 15) is 0 Å². The normalized spacial score (nSPS) is 8.97. The molecule has 2 rings (SSSR count). The van der Waals surface area contributed by atoms with Crippen LogP contribution in [0.25, 0.3) is 0 Å². The van der Waals surface area contributed by atoms with Crippen LogP contribution in [0.1, 0.15) is 0 Å². The number of rotatable bonds is 2. The Balaban J connectivity index is -0.0000000976. The summed E-state index contributed by atoms with van der Waals surface area (Å²) in [6.45, 7) is 0. The van der Waals surface area contributed by atoms with Crippen molar-refractivity contribution in [1.82, 2.24) is 0 Å². The molecule has 31 heavy (non-hydrogen) atoms. The molecule has 2 aromatic carbocycles. The van der Waals surface area contributed by atoms with E-state index in [1.807, 2.05) is 0 Å². The Bertz CT molecular complexity index is 814. The molecular formula is C16H24K2O11S2. The van der Waals surface area contributed by atoms with Crippen molar-refractivity contribution < 1.29 is 154 Å². The molecule has 0 atom stereocenters. The summed E-state index contributed by atoms with van der Waals surface area (Å²) in [5.41, 5.74) is 0. The maximum Gasteiger partial charge on any atom is 1.00 e. The molecule has 2 aromatic rings. The molecule has 11 nitrogen and oxygen atoms in total. The van der Waals surface area contributed by atoms with Gasteiger partial charge in [0.15, 0.2) is 23.0 Å². The van der Waals surface area contributed by atoms with Crippen LogP contribution in [0.5, 0.6) is 23.0 Å². The molecular weight excluding hydrogens is 510 g/mol. The zero-order chi connectivity index (χ0) is 22.4. The summed E-state index contributed by atoms with van der Waals surface area (Å²) in [5, 5.41) is 18.0. The van der Waals surface area contributed by atoms with Crippen molar-refractivity contribution in [2.75, 3.05) is 26.7 Å². The largest absolute Gasteiger partial charge is 1.00 e. The van der Waals surface area contributed by atoms with Crippen LogP contribution < -0.4 is 112 Å². The van der Waals surface area contributed by atoms with Crippen molar-refractivity contribution in [3.05, 3.63) is 48.5 Å². The van der Waals surface area contributed by atoms with Crippen LogP contribution in [0.4, 0.5) is 0 Å². The summed E-state index contributed by atoms with van der Waals surface area (Å²) in [6.07, 6.45) is 1.21. The number of ether oxygens (including phenoxy) is 2. The monoisotopic (exact) mass is 534 g/mol. The van der Waals surface area contributed by atoms with Gasteiger partial charge >= 0.3 is 103 Å². The second kappa shape index (κ2) is 22.5. The van der Waals surface area contributed by atoms with Crippen molar-refractivity contribution in [2.24, 2.45) is 0 Å². The molecule has 0 aliphatic carbocycles. The molecule has 0 amide bonds. The van der Waals surface area contributed by atoms with Crippen LogP contribution in [0, 0.1) is 0 Å². The molecule has 0 aromatic heterocycles. The first kappa shape index (κ1) is 41.9. The van der Waals surface area contributed by atoms with Crippen molar-refractivity contribution in [2.45, 2.75) is 0 Å². The Kier molecular flexibility index (Phi) is 30.4. The van der Waals surface area contributed by atoms with Gasteiger partial charge in [-0.1, -0.05) is 24.3 Å². The zero-order valence-electron chi connectivity index (χ0n) is 18.1. The first-order valence-corrected chi connectivity index (χ1v) is 10.8. The molecule has 0 radical (unpaired) electrons. The number of aromatic hydroxyl groups is 2. The third-order valence-corrected chi connectivity index (χ3v) is 2.17. The summed E-state index contributed by atoms with van der Waals surface area (Å²) >= 11 is 0. The van der Waals surface area contributed by atoms with Crippen molar-refractivity contribution in [1.29, 1.82) is 0 Å². The second-order valence-electron chi connectivity index (χ2n) is 4.75. The fourth-order valence-corrected chi connectivity index (χ4v) is 1.26. The van der Waals surface area contributed by atoms with Crippen molar-refractivity contribution >= 4 is 20.2 Å². The minimum Gasteiger partial charge on any atom is -0.748 e. The standard InChI is InChI=1S/2C7H8O2.2CH4O3S.2K.H2O/c2*1-9-7-5-3-2-4-6(7)8;2*1-5(2,3)4;;;/h2*2-5,8H,1H3;2*1H3,(H,2,3,4);;;1H2/q;;;;2*+1;/p-2. The van der Waals surface area contributed by atoms with Gasteiger partial charge in [-0.15, -0.1) is 0 Å². The Hall–Kier alpha value is 0.693. The van der Waals surface area contributed by atoms with Gasteiger partial charge < -0.3 is 34.3 Å². The smallest absolute Gasteiger partial charge is 0.748 e. The van der Waals surface area contributed by atoms with E-state index in [0.29, 0.717) is 24.0 Å². The van der Waals surface area contributed by atoms with E-state index in [0.717, 1.165) is 0 Å². The molecule has 0 spiro atoms. The quantitative estimate of drug-likeness (QED) is 0.276. The summed E-state index contributed by atoms with van der Waals surface area (Å²) < 4.78 is 64.0. The minimum absolute atomic E-state index is 0. The number of hydrogen-bond acceptors (Lipinski definition) is 10. The van der Waals surface area contributed by atoms with Crippen LogP contribution >= 0.6 is 0 Å². The fraction of sp³-hybridized carbons (Fsp3) is 0.250. The van der Waals surface area contributed by atoms with Gasteiger partial charge in [-0.2, -0.15) is 0 Å². The van der Waals surface area contributed by atoms with E-state index in [4.69, 9.17) is 45.6 Å². The van der Waals surface area contributed by atoms with Gasteiger partial charge in [0, 0.05) is 12.5 Å². The molecule has 168 valence electrons. The van der Waals surface area contributed by atoms with Gasteiger partial charge in [0.1, 0.15) is 0 Å². The zero-order valence-corrected chi connectivity index (χ0v) is 26.0. The number of phenolic OH excluding ortho intramolecular Hbond substituents is 2. The van der Waals surface area contributed by atoms with E-state index in [1.54, 1.807) is 48.5 Å². The van der Waals surface area contributed by atoms with Gasteiger partial charge in [-0.25, -0.2) is 16.8 Å². The van der Waals surface area contributed by atoms with E-state index in [2.05, 4.69) is 0 Å². The van der Waals surface area contributed by atoms with Gasteiger partial charge in [0.2, 0.25) is 0 Å². The topological polar surface area (TPSA) is 205 Å². The number of phenols is 2. The third-order valence-electron chi connectivity index (χ3n) is 2.17. The average Bonchev–Trinajstić information content (AvgIpc) is 2.53. The van der Waals surface area contributed by atoms with E-state index >= 15 is 0 Å². The maximum atomic E-state index is 9.08. The van der Waals surface area contributed by atoms with E-state index in [-0.39, 0.29) is 120 Å². The van der Waals surface area contributed by atoms with Gasteiger partial charge in [-0.05, 0) is 24.3 Å². The first-order valence-electron chi connectivity index (χ1n) is 7.14. The van der Waals surface area contributed by atoms with Gasteiger partial charge in [-0.3, -0.25) is 0 Å². The summed E-state index contributed by atoms with van der Waals surface area (Å²) in [5.74, 6) is 1.38. The van der Waals surface area contributed by atoms with Crippen LogP contribution in [-0.4, -0.2) is 68.4 Å².